The number of carbonyl (C=O) groups excluding carboxylic acids is 1. The number of anilines is 1. The molecule has 0 saturated heterocycles. The molecule has 0 unspecified atom stereocenters. The van der Waals surface area contributed by atoms with E-state index in [-0.39, 0.29) is 12.3 Å². The molecule has 1 N–H and O–H groups in total. The Balaban J connectivity index is 1.34. The maximum atomic E-state index is 12.7. The summed E-state index contributed by atoms with van der Waals surface area (Å²) < 4.78 is 8.53. The molecule has 8 heteroatoms. The SMILES string of the molecule is CCOc1ccc2nc(NC(=O)Cc3csc4nc(-c5ccc(C)c(C)c5)cn34)sc2c1. The van der Waals surface area contributed by atoms with Gasteiger partial charge < -0.3 is 10.1 Å². The predicted octanol–water partition coefficient (Wildman–Crippen LogP) is 5.87. The van der Waals surface area contributed by atoms with Crippen LogP contribution in [0.1, 0.15) is 23.7 Å². The van der Waals surface area contributed by atoms with Gasteiger partial charge in [0.2, 0.25) is 5.91 Å². The molecule has 3 heterocycles. The second kappa shape index (κ2) is 8.37. The second-order valence-corrected chi connectivity index (χ2v) is 9.48. The first-order valence-corrected chi connectivity index (χ1v) is 12.1. The van der Waals surface area contributed by atoms with E-state index in [1.807, 2.05) is 41.1 Å². The first kappa shape index (κ1) is 20.7. The number of amides is 1. The number of nitrogens with zero attached hydrogens (tertiary/aromatic N) is 3. The number of hydrogen-bond acceptors (Lipinski definition) is 6. The maximum Gasteiger partial charge on any atom is 0.232 e. The molecule has 0 aliphatic heterocycles. The molecular weight excluding hydrogens is 440 g/mol. The van der Waals surface area contributed by atoms with Crippen molar-refractivity contribution in [2.24, 2.45) is 0 Å². The molecule has 0 bridgehead atoms. The molecule has 0 saturated carbocycles. The van der Waals surface area contributed by atoms with Gasteiger partial charge in [0.25, 0.3) is 0 Å². The summed E-state index contributed by atoms with van der Waals surface area (Å²) in [5, 5.41) is 5.51. The van der Waals surface area contributed by atoms with Crippen molar-refractivity contribution in [1.29, 1.82) is 0 Å². The van der Waals surface area contributed by atoms with E-state index in [0.29, 0.717) is 11.7 Å². The van der Waals surface area contributed by atoms with Crippen LogP contribution in [-0.4, -0.2) is 26.9 Å². The third kappa shape index (κ3) is 3.99. The van der Waals surface area contributed by atoms with Gasteiger partial charge in [0.05, 0.1) is 28.9 Å². The Morgan fingerprint density at radius 1 is 1.12 bits per heavy atom. The minimum Gasteiger partial charge on any atom is -0.494 e. The number of fused-ring (bicyclic) bond motifs is 2. The zero-order valence-corrected chi connectivity index (χ0v) is 19.6. The van der Waals surface area contributed by atoms with Crippen LogP contribution in [0.15, 0.2) is 48.0 Å². The smallest absolute Gasteiger partial charge is 0.232 e. The highest BCUT2D eigenvalue weighted by molar-refractivity contribution is 7.22. The zero-order valence-electron chi connectivity index (χ0n) is 18.0. The lowest BCUT2D eigenvalue weighted by Crippen LogP contribution is -2.15. The molecule has 2 aromatic carbocycles. The van der Waals surface area contributed by atoms with Gasteiger partial charge in [0, 0.05) is 22.8 Å². The third-order valence-electron chi connectivity index (χ3n) is 5.34. The lowest BCUT2D eigenvalue weighted by atomic mass is 10.1. The van der Waals surface area contributed by atoms with Gasteiger partial charge >= 0.3 is 0 Å². The number of carbonyl (C=O) groups is 1. The van der Waals surface area contributed by atoms with E-state index in [2.05, 4.69) is 42.3 Å². The molecule has 162 valence electrons. The molecule has 3 aromatic heterocycles. The monoisotopic (exact) mass is 462 g/mol. The summed E-state index contributed by atoms with van der Waals surface area (Å²) in [5.41, 5.74) is 6.25. The van der Waals surface area contributed by atoms with E-state index in [1.165, 1.54) is 22.5 Å². The minimum atomic E-state index is -0.102. The molecule has 0 aliphatic rings. The number of nitrogens with one attached hydrogen (secondary N) is 1. The lowest BCUT2D eigenvalue weighted by molar-refractivity contribution is -0.115. The van der Waals surface area contributed by atoms with Gasteiger partial charge in [-0.25, -0.2) is 9.97 Å². The van der Waals surface area contributed by atoms with Crippen LogP contribution in [0.4, 0.5) is 5.13 Å². The summed E-state index contributed by atoms with van der Waals surface area (Å²) in [7, 11) is 0. The highest BCUT2D eigenvalue weighted by Gasteiger charge is 2.15. The first-order chi connectivity index (χ1) is 15.5. The summed E-state index contributed by atoms with van der Waals surface area (Å²) in [6.45, 7) is 6.77. The van der Waals surface area contributed by atoms with E-state index in [1.54, 1.807) is 11.3 Å². The predicted molar refractivity (Wildman–Crippen MR) is 131 cm³/mol. The fourth-order valence-electron chi connectivity index (χ4n) is 3.54. The van der Waals surface area contributed by atoms with Gasteiger partial charge in [-0.15, -0.1) is 11.3 Å². The normalized spacial score (nSPS) is 11.3. The second-order valence-electron chi connectivity index (χ2n) is 7.61. The summed E-state index contributed by atoms with van der Waals surface area (Å²) >= 11 is 2.99. The largest absolute Gasteiger partial charge is 0.494 e. The molecule has 0 spiro atoms. The van der Waals surface area contributed by atoms with Crippen LogP contribution >= 0.6 is 22.7 Å². The Hall–Kier alpha value is -3.23. The molecule has 6 nitrogen and oxygen atoms in total. The van der Waals surface area contributed by atoms with Gasteiger partial charge in [-0.1, -0.05) is 23.5 Å². The van der Waals surface area contributed by atoms with Crippen LogP contribution in [-0.2, 0) is 11.2 Å². The molecule has 0 fully saturated rings. The number of rotatable bonds is 6. The standard InChI is InChI=1S/C24H22N4O2S2/c1-4-30-18-7-8-19-21(11-18)32-23(25-19)27-22(29)10-17-13-31-24-26-20(12-28(17)24)16-6-5-14(2)15(3)9-16/h5-9,11-13H,4,10H2,1-3H3,(H,25,27,29). The Kier molecular flexibility index (Phi) is 5.40. The van der Waals surface area contributed by atoms with Crippen molar-refractivity contribution in [1.82, 2.24) is 14.4 Å². The summed E-state index contributed by atoms with van der Waals surface area (Å²) in [4.78, 5) is 22.9. The summed E-state index contributed by atoms with van der Waals surface area (Å²) in [6.07, 6.45) is 2.26. The summed E-state index contributed by atoms with van der Waals surface area (Å²) in [5.74, 6) is 0.706. The van der Waals surface area contributed by atoms with Gasteiger partial charge in [0.1, 0.15) is 5.75 Å². The number of benzene rings is 2. The molecule has 0 radical (unpaired) electrons. The van der Waals surface area contributed by atoms with Gasteiger partial charge in [-0.05, 0) is 56.2 Å². The van der Waals surface area contributed by atoms with Crippen molar-refractivity contribution in [3.8, 4) is 17.0 Å². The average Bonchev–Trinajstić information content (AvgIpc) is 3.45. The Bertz CT molecular complexity index is 1450. The van der Waals surface area contributed by atoms with E-state index in [4.69, 9.17) is 9.72 Å². The summed E-state index contributed by atoms with van der Waals surface area (Å²) in [6, 6.07) is 12.1. The van der Waals surface area contributed by atoms with Crippen molar-refractivity contribution in [3.05, 3.63) is 64.8 Å². The van der Waals surface area contributed by atoms with Gasteiger partial charge in [-0.2, -0.15) is 0 Å². The molecule has 0 atom stereocenters. The van der Waals surface area contributed by atoms with E-state index < -0.39 is 0 Å². The molecule has 1 amide bonds. The highest BCUT2D eigenvalue weighted by atomic mass is 32.1. The van der Waals surface area contributed by atoms with Crippen LogP contribution in [0.25, 0.3) is 26.4 Å². The number of imidazole rings is 1. The Morgan fingerprint density at radius 3 is 2.81 bits per heavy atom. The van der Waals surface area contributed by atoms with Crippen LogP contribution in [0.5, 0.6) is 5.75 Å². The number of ether oxygens (including phenoxy) is 1. The van der Waals surface area contributed by atoms with E-state index in [0.717, 1.165) is 37.9 Å². The lowest BCUT2D eigenvalue weighted by Gasteiger charge is -2.02. The highest BCUT2D eigenvalue weighted by Crippen LogP contribution is 2.30. The molecule has 0 aliphatic carbocycles. The fourth-order valence-corrected chi connectivity index (χ4v) is 5.32. The molecule has 5 aromatic rings. The topological polar surface area (TPSA) is 68.5 Å². The van der Waals surface area contributed by atoms with E-state index >= 15 is 0 Å². The number of aryl methyl sites for hydroxylation is 2. The molecule has 5 rings (SSSR count). The van der Waals surface area contributed by atoms with Crippen molar-refractivity contribution in [2.75, 3.05) is 11.9 Å². The van der Waals surface area contributed by atoms with Gasteiger partial charge in [0.15, 0.2) is 10.1 Å². The average molecular weight is 463 g/mol. The quantitative estimate of drug-likeness (QED) is 0.343. The van der Waals surface area contributed by atoms with Crippen LogP contribution in [0.3, 0.4) is 0 Å². The first-order valence-electron chi connectivity index (χ1n) is 10.4. The van der Waals surface area contributed by atoms with Crippen LogP contribution < -0.4 is 10.1 Å². The third-order valence-corrected chi connectivity index (χ3v) is 7.17. The van der Waals surface area contributed by atoms with Crippen molar-refractivity contribution >= 4 is 48.9 Å². The Morgan fingerprint density at radius 2 is 2.00 bits per heavy atom. The van der Waals surface area contributed by atoms with Crippen LogP contribution in [0, 0.1) is 13.8 Å². The van der Waals surface area contributed by atoms with Crippen LogP contribution in [0.2, 0.25) is 0 Å². The number of thiazole rings is 2. The maximum absolute atomic E-state index is 12.7. The Labute approximate surface area is 193 Å². The van der Waals surface area contributed by atoms with Gasteiger partial charge in [-0.3, -0.25) is 9.20 Å². The zero-order chi connectivity index (χ0) is 22.2. The fraction of sp³-hybridized carbons (Fsp3) is 0.208. The van der Waals surface area contributed by atoms with Crippen molar-refractivity contribution < 1.29 is 9.53 Å². The number of aromatic nitrogens is 3. The van der Waals surface area contributed by atoms with E-state index in [9.17, 15) is 4.79 Å². The molecule has 32 heavy (non-hydrogen) atoms. The number of hydrogen-bond donors (Lipinski definition) is 1. The van der Waals surface area contributed by atoms with Crippen molar-refractivity contribution in [3.63, 3.8) is 0 Å². The van der Waals surface area contributed by atoms with Crippen molar-refractivity contribution in [2.45, 2.75) is 27.2 Å². The molecular formula is C24H22N4O2S2. The minimum absolute atomic E-state index is 0.102.